The summed E-state index contributed by atoms with van der Waals surface area (Å²) in [7, 11) is 0. The largest absolute Gasteiger partial charge is 0.333 e. The fourth-order valence-corrected chi connectivity index (χ4v) is 3.39. The molecule has 0 unspecified atom stereocenters. The average Bonchev–Trinajstić information content (AvgIpc) is 2.49. The first-order valence-corrected chi connectivity index (χ1v) is 6.72. The average molecular weight is 284 g/mol. The van der Waals surface area contributed by atoms with Crippen molar-refractivity contribution in [2.45, 2.75) is 20.8 Å². The third-order valence-corrected chi connectivity index (χ3v) is 4.54. The van der Waals surface area contributed by atoms with Crippen molar-refractivity contribution in [2.75, 3.05) is 10.8 Å². The Morgan fingerprint density at radius 3 is 2.53 bits per heavy atom. The molecule has 2 rings (SSSR count). The Morgan fingerprint density at radius 1 is 1.27 bits per heavy atom. The van der Waals surface area contributed by atoms with E-state index in [0.29, 0.717) is 0 Å². The smallest absolute Gasteiger partial charge is 0.0729 e. The molecule has 1 aromatic rings. The van der Waals surface area contributed by atoms with E-state index in [2.05, 4.69) is 59.8 Å². The molecular weight excluding hydrogens is 270 g/mol. The second-order valence-corrected chi connectivity index (χ2v) is 5.76. The molecular formula is C12H14BrNS. The topological polar surface area (TPSA) is 3.24 Å². The summed E-state index contributed by atoms with van der Waals surface area (Å²) >= 11 is 5.54. The van der Waals surface area contributed by atoms with E-state index in [0.717, 1.165) is 5.88 Å². The minimum Gasteiger partial charge on any atom is -0.333 e. The third kappa shape index (κ3) is 1.95. The number of thioether (sulfide) groups is 1. The van der Waals surface area contributed by atoms with Crippen molar-refractivity contribution in [3.63, 3.8) is 0 Å². The van der Waals surface area contributed by atoms with Crippen LogP contribution in [0.25, 0.3) is 0 Å². The van der Waals surface area contributed by atoms with Crippen LogP contribution in [0.2, 0.25) is 0 Å². The predicted molar refractivity (Wildman–Crippen MR) is 72.2 cm³/mol. The number of hydrogen-bond acceptors (Lipinski definition) is 2. The van der Waals surface area contributed by atoms with E-state index >= 15 is 0 Å². The second kappa shape index (κ2) is 4.22. The van der Waals surface area contributed by atoms with Gasteiger partial charge in [-0.3, -0.25) is 0 Å². The summed E-state index contributed by atoms with van der Waals surface area (Å²) in [5.41, 5.74) is 3.99. The molecule has 0 saturated carbocycles. The molecule has 0 bridgehead atoms. The van der Waals surface area contributed by atoms with Crippen molar-refractivity contribution in [3.05, 3.63) is 38.8 Å². The van der Waals surface area contributed by atoms with Gasteiger partial charge >= 0.3 is 0 Å². The van der Waals surface area contributed by atoms with E-state index in [9.17, 15) is 0 Å². The first kappa shape index (κ1) is 11.1. The first-order valence-electron chi connectivity index (χ1n) is 4.94. The van der Waals surface area contributed by atoms with Gasteiger partial charge < -0.3 is 4.90 Å². The molecule has 0 radical (unpaired) electrons. The van der Waals surface area contributed by atoms with Crippen molar-refractivity contribution >= 4 is 33.4 Å². The Bertz CT molecular complexity index is 405. The van der Waals surface area contributed by atoms with E-state index < -0.39 is 0 Å². The van der Waals surface area contributed by atoms with Crippen molar-refractivity contribution in [3.8, 4) is 0 Å². The second-order valence-electron chi connectivity index (χ2n) is 3.75. The molecule has 80 valence electrons. The number of para-hydroxylation sites is 1. The van der Waals surface area contributed by atoms with Crippen LogP contribution in [0.5, 0.6) is 0 Å². The summed E-state index contributed by atoms with van der Waals surface area (Å²) in [6, 6.07) is 6.34. The highest BCUT2D eigenvalue weighted by Gasteiger charge is 2.21. The number of hydrogen-bond donors (Lipinski definition) is 0. The normalized spacial score (nSPS) is 16.4. The van der Waals surface area contributed by atoms with Crippen LogP contribution in [0.3, 0.4) is 0 Å². The number of rotatable bonds is 1. The number of nitrogens with zero attached hydrogens (tertiary/aromatic N) is 1. The molecule has 1 heterocycles. The zero-order valence-electron chi connectivity index (χ0n) is 9.17. The van der Waals surface area contributed by atoms with E-state index in [-0.39, 0.29) is 0 Å². The summed E-state index contributed by atoms with van der Waals surface area (Å²) in [6.45, 7) is 6.53. The zero-order chi connectivity index (χ0) is 11.0. The predicted octanol–water partition coefficient (Wildman–Crippen LogP) is 4.52. The molecule has 1 aliphatic heterocycles. The lowest BCUT2D eigenvalue weighted by atomic mass is 10.2. The summed E-state index contributed by atoms with van der Waals surface area (Å²) < 4.78 is 1.18. The van der Waals surface area contributed by atoms with Crippen LogP contribution in [0, 0.1) is 6.92 Å². The molecule has 1 nitrogen and oxygen atoms in total. The van der Waals surface area contributed by atoms with Gasteiger partial charge in [0.05, 0.1) is 11.6 Å². The number of benzene rings is 1. The monoisotopic (exact) mass is 283 g/mol. The van der Waals surface area contributed by atoms with E-state index in [1.807, 2.05) is 11.8 Å². The van der Waals surface area contributed by atoms with Gasteiger partial charge in [-0.1, -0.05) is 12.1 Å². The maximum atomic E-state index is 3.63. The van der Waals surface area contributed by atoms with Crippen molar-refractivity contribution in [1.29, 1.82) is 0 Å². The molecule has 1 aliphatic rings. The molecule has 15 heavy (non-hydrogen) atoms. The molecule has 0 N–H and O–H groups in total. The van der Waals surface area contributed by atoms with Crippen LogP contribution < -0.4 is 4.90 Å². The van der Waals surface area contributed by atoms with Crippen molar-refractivity contribution < 1.29 is 0 Å². The number of allylic oxidation sites excluding steroid dienone is 2. The lowest BCUT2D eigenvalue weighted by molar-refractivity contribution is 1.06. The van der Waals surface area contributed by atoms with Crippen molar-refractivity contribution in [1.82, 2.24) is 0 Å². The molecule has 0 spiro atoms. The van der Waals surface area contributed by atoms with Gasteiger partial charge in [-0.2, -0.15) is 0 Å². The quantitative estimate of drug-likeness (QED) is 0.746. The van der Waals surface area contributed by atoms with Gasteiger partial charge in [-0.15, -0.1) is 11.8 Å². The fraction of sp³-hybridized carbons (Fsp3) is 0.333. The highest BCUT2D eigenvalue weighted by Crippen LogP contribution is 2.39. The summed E-state index contributed by atoms with van der Waals surface area (Å²) in [4.78, 5) is 3.80. The molecule has 0 amide bonds. The Morgan fingerprint density at radius 2 is 2.00 bits per heavy atom. The molecule has 0 saturated heterocycles. The minimum absolute atomic E-state index is 1.03. The van der Waals surface area contributed by atoms with Crippen LogP contribution in [0.4, 0.5) is 5.69 Å². The molecule has 3 heteroatoms. The van der Waals surface area contributed by atoms with Gasteiger partial charge in [0.2, 0.25) is 0 Å². The van der Waals surface area contributed by atoms with Gasteiger partial charge in [0, 0.05) is 15.1 Å². The maximum Gasteiger partial charge on any atom is 0.0729 e. The number of aryl methyl sites for hydroxylation is 1. The van der Waals surface area contributed by atoms with Crippen molar-refractivity contribution in [2.24, 2.45) is 0 Å². The van der Waals surface area contributed by atoms with Gasteiger partial charge in [-0.25, -0.2) is 0 Å². The van der Waals surface area contributed by atoms with Crippen LogP contribution in [-0.4, -0.2) is 5.88 Å². The van der Waals surface area contributed by atoms with Gasteiger partial charge in [0.25, 0.3) is 0 Å². The molecule has 0 fully saturated rings. The zero-order valence-corrected chi connectivity index (χ0v) is 11.6. The van der Waals surface area contributed by atoms with Crippen LogP contribution in [0.15, 0.2) is 33.3 Å². The van der Waals surface area contributed by atoms with Gasteiger partial charge in [0.15, 0.2) is 0 Å². The third-order valence-electron chi connectivity index (χ3n) is 2.78. The van der Waals surface area contributed by atoms with E-state index in [1.165, 1.54) is 26.3 Å². The Kier molecular flexibility index (Phi) is 3.12. The highest BCUT2D eigenvalue weighted by atomic mass is 79.9. The van der Waals surface area contributed by atoms with E-state index in [4.69, 9.17) is 0 Å². The van der Waals surface area contributed by atoms with E-state index in [1.54, 1.807) is 0 Å². The Balaban J connectivity index is 2.47. The lowest BCUT2D eigenvalue weighted by Crippen LogP contribution is -2.17. The minimum atomic E-state index is 1.03. The summed E-state index contributed by atoms with van der Waals surface area (Å²) in [6.07, 6.45) is 0. The standard InChI is InChI=1S/C12H14BrNS/c1-8-5-4-6-11(13)12(8)14-7-15-10(3)9(14)2/h4-6H,7H2,1-3H3. The van der Waals surface area contributed by atoms with Crippen LogP contribution in [-0.2, 0) is 0 Å². The maximum absolute atomic E-state index is 3.63. The van der Waals surface area contributed by atoms with Gasteiger partial charge in [-0.05, 0) is 48.3 Å². The lowest BCUT2D eigenvalue weighted by Gasteiger charge is -2.23. The summed E-state index contributed by atoms with van der Waals surface area (Å²) in [5.74, 6) is 1.03. The summed E-state index contributed by atoms with van der Waals surface area (Å²) in [5, 5.41) is 0. The first-order chi connectivity index (χ1) is 7.11. The fourth-order valence-electron chi connectivity index (χ4n) is 1.75. The number of anilines is 1. The van der Waals surface area contributed by atoms with Crippen LogP contribution in [0.1, 0.15) is 19.4 Å². The highest BCUT2D eigenvalue weighted by molar-refractivity contribution is 9.10. The molecule has 1 aromatic carbocycles. The molecule has 0 aliphatic carbocycles. The SMILES string of the molecule is CC1=C(C)N(c2c(C)cccc2Br)CS1. The molecule has 0 aromatic heterocycles. The number of halogens is 1. The van der Waals surface area contributed by atoms with Crippen LogP contribution >= 0.6 is 27.7 Å². The Hall–Kier alpha value is -0.410. The van der Waals surface area contributed by atoms with Gasteiger partial charge in [0.1, 0.15) is 0 Å². The Labute approximate surface area is 104 Å². The molecule has 0 atom stereocenters.